The van der Waals surface area contributed by atoms with Crippen LogP contribution in [0.4, 0.5) is 18.3 Å². The molecule has 0 saturated carbocycles. The molecule has 90 valence electrons. The summed E-state index contributed by atoms with van der Waals surface area (Å²) in [5.74, 6) is 0. The molecule has 8 heteroatoms. The summed E-state index contributed by atoms with van der Waals surface area (Å²) in [5.41, 5.74) is -0.815. The van der Waals surface area contributed by atoms with E-state index in [1.807, 2.05) is 0 Å². The molecule has 0 aliphatic carbocycles. The molecule has 2 heterocycles. The third-order valence-corrected chi connectivity index (χ3v) is 2.97. The normalized spacial score (nSPS) is 11.5. The minimum absolute atomic E-state index is 0.0565. The Balaban J connectivity index is 2.52. The van der Waals surface area contributed by atoms with Gasteiger partial charge in [0.05, 0.1) is 5.56 Å². The van der Waals surface area contributed by atoms with Gasteiger partial charge in [0.15, 0.2) is 5.01 Å². The fourth-order valence-electron chi connectivity index (χ4n) is 1.25. The number of nitrogens with zero attached hydrogens (tertiary/aromatic N) is 3. The number of hydrogen-bond acceptors (Lipinski definition) is 5. The quantitative estimate of drug-likeness (QED) is 0.901. The Bertz CT molecular complexity index is 523. The van der Waals surface area contributed by atoms with Crippen LogP contribution in [-0.4, -0.2) is 22.2 Å². The first-order valence-corrected chi connectivity index (χ1v) is 5.37. The molecular weight excluding hydrogens is 253 g/mol. The largest absolute Gasteiger partial charge is 0.417 e. The summed E-state index contributed by atoms with van der Waals surface area (Å²) in [5, 5.41) is 10.8. The highest BCUT2D eigenvalue weighted by Crippen LogP contribution is 2.37. The van der Waals surface area contributed by atoms with Gasteiger partial charge in [-0.15, -0.1) is 10.2 Å². The zero-order chi connectivity index (χ0) is 12.5. The number of alkyl halides is 3. The minimum Gasteiger partial charge on any atom is -0.363 e. The van der Waals surface area contributed by atoms with E-state index in [9.17, 15) is 13.2 Å². The minimum atomic E-state index is -4.43. The number of hydrogen-bond donors (Lipinski definition) is 1. The van der Waals surface area contributed by atoms with Gasteiger partial charge in [0, 0.05) is 25.0 Å². The average Bonchev–Trinajstić information content (AvgIpc) is 2.76. The Labute approximate surface area is 98.5 Å². The first-order chi connectivity index (χ1) is 8.02. The van der Waals surface area contributed by atoms with Crippen molar-refractivity contribution < 1.29 is 13.2 Å². The zero-order valence-electron chi connectivity index (χ0n) is 8.62. The van der Waals surface area contributed by atoms with E-state index in [4.69, 9.17) is 0 Å². The van der Waals surface area contributed by atoms with Crippen molar-refractivity contribution in [2.75, 3.05) is 12.4 Å². The molecule has 17 heavy (non-hydrogen) atoms. The summed E-state index contributed by atoms with van der Waals surface area (Å²) in [6.45, 7) is 0. The fourth-order valence-corrected chi connectivity index (χ4v) is 1.97. The summed E-state index contributed by atoms with van der Waals surface area (Å²) >= 11 is 1.04. The zero-order valence-corrected chi connectivity index (χ0v) is 9.43. The molecule has 0 atom stereocenters. The Morgan fingerprint density at radius 2 is 2.06 bits per heavy atom. The van der Waals surface area contributed by atoms with Crippen molar-refractivity contribution >= 4 is 16.5 Å². The van der Waals surface area contributed by atoms with E-state index in [-0.39, 0.29) is 10.6 Å². The van der Waals surface area contributed by atoms with Gasteiger partial charge < -0.3 is 5.32 Å². The summed E-state index contributed by atoms with van der Waals surface area (Å²) in [6, 6.07) is 0.926. The number of halogens is 3. The lowest BCUT2D eigenvalue weighted by atomic mass is 10.1. The van der Waals surface area contributed by atoms with Crippen LogP contribution in [0.1, 0.15) is 5.56 Å². The Morgan fingerprint density at radius 3 is 2.65 bits per heavy atom. The predicted octanol–water partition coefficient (Wildman–Crippen LogP) is 2.66. The van der Waals surface area contributed by atoms with Gasteiger partial charge >= 0.3 is 6.18 Å². The molecule has 0 aromatic carbocycles. The van der Waals surface area contributed by atoms with Crippen LogP contribution >= 0.6 is 11.3 Å². The third kappa shape index (κ3) is 2.36. The Morgan fingerprint density at radius 1 is 1.29 bits per heavy atom. The van der Waals surface area contributed by atoms with Gasteiger partial charge in [-0.2, -0.15) is 13.2 Å². The molecule has 0 spiro atoms. The molecule has 0 bridgehead atoms. The van der Waals surface area contributed by atoms with Crippen molar-refractivity contribution in [2.45, 2.75) is 6.18 Å². The van der Waals surface area contributed by atoms with E-state index in [1.165, 1.54) is 0 Å². The van der Waals surface area contributed by atoms with Gasteiger partial charge in [-0.25, -0.2) is 0 Å². The second-order valence-electron chi connectivity index (χ2n) is 3.08. The van der Waals surface area contributed by atoms with Crippen LogP contribution in [0.5, 0.6) is 0 Å². The molecule has 1 N–H and O–H groups in total. The molecule has 0 aliphatic rings. The monoisotopic (exact) mass is 260 g/mol. The molecule has 0 unspecified atom stereocenters. The summed E-state index contributed by atoms with van der Waals surface area (Å²) < 4.78 is 38.2. The predicted molar refractivity (Wildman–Crippen MR) is 57.7 cm³/mol. The lowest BCUT2D eigenvalue weighted by Crippen LogP contribution is -2.07. The van der Waals surface area contributed by atoms with Gasteiger partial charge in [0.25, 0.3) is 0 Å². The molecule has 0 amide bonds. The molecule has 0 radical (unpaired) electrons. The van der Waals surface area contributed by atoms with Gasteiger partial charge in [-0.3, -0.25) is 4.98 Å². The van der Waals surface area contributed by atoms with Crippen LogP contribution in [0.25, 0.3) is 10.6 Å². The maximum absolute atomic E-state index is 12.7. The molecule has 4 nitrogen and oxygen atoms in total. The fraction of sp³-hybridized carbons (Fsp3) is 0.222. The first kappa shape index (κ1) is 11.8. The molecular formula is C9H7F3N4S. The maximum atomic E-state index is 12.7. The van der Waals surface area contributed by atoms with Gasteiger partial charge in [0.2, 0.25) is 5.13 Å². The number of rotatable bonds is 2. The van der Waals surface area contributed by atoms with Crippen LogP contribution in [0.15, 0.2) is 18.5 Å². The lowest BCUT2D eigenvalue weighted by molar-refractivity contribution is -0.137. The van der Waals surface area contributed by atoms with Crippen molar-refractivity contribution in [3.05, 3.63) is 24.0 Å². The number of anilines is 1. The summed E-state index contributed by atoms with van der Waals surface area (Å²) in [4.78, 5) is 3.69. The van der Waals surface area contributed by atoms with E-state index in [1.54, 1.807) is 7.05 Å². The molecule has 0 aliphatic heterocycles. The topological polar surface area (TPSA) is 50.7 Å². The first-order valence-electron chi connectivity index (χ1n) is 4.55. The third-order valence-electron chi connectivity index (χ3n) is 2.00. The number of nitrogens with one attached hydrogen (secondary N) is 1. The van der Waals surface area contributed by atoms with Gasteiger partial charge in [-0.05, 0) is 6.07 Å². The van der Waals surface area contributed by atoms with Crippen LogP contribution < -0.4 is 5.32 Å². The SMILES string of the molecule is CNc1nnc(-c2cnccc2C(F)(F)F)s1. The van der Waals surface area contributed by atoms with E-state index >= 15 is 0 Å². The standard InChI is InChI=1S/C9H7F3N4S/c1-13-8-16-15-7(17-8)5-4-14-3-2-6(5)9(10,11)12/h2-4H,1H3,(H,13,16). The summed E-state index contributed by atoms with van der Waals surface area (Å²) in [7, 11) is 1.62. The summed E-state index contributed by atoms with van der Waals surface area (Å²) in [6.07, 6.45) is -2.18. The number of aromatic nitrogens is 3. The molecule has 2 rings (SSSR count). The van der Waals surface area contributed by atoms with Crippen molar-refractivity contribution in [3.8, 4) is 10.6 Å². The van der Waals surface area contributed by atoms with Crippen molar-refractivity contribution in [1.82, 2.24) is 15.2 Å². The maximum Gasteiger partial charge on any atom is 0.417 e. The van der Waals surface area contributed by atoms with E-state index in [0.717, 1.165) is 29.8 Å². The van der Waals surface area contributed by atoms with Crippen molar-refractivity contribution in [1.29, 1.82) is 0 Å². The van der Waals surface area contributed by atoms with Crippen LogP contribution in [0.2, 0.25) is 0 Å². The van der Waals surface area contributed by atoms with Gasteiger partial charge in [0.1, 0.15) is 0 Å². The second kappa shape index (κ2) is 4.28. The van der Waals surface area contributed by atoms with E-state index in [2.05, 4.69) is 20.5 Å². The Kier molecular flexibility index (Phi) is 2.97. The van der Waals surface area contributed by atoms with Crippen LogP contribution in [0.3, 0.4) is 0 Å². The average molecular weight is 260 g/mol. The molecule has 2 aromatic rings. The van der Waals surface area contributed by atoms with Crippen molar-refractivity contribution in [2.24, 2.45) is 0 Å². The van der Waals surface area contributed by atoms with E-state index in [0.29, 0.717) is 5.13 Å². The molecule has 0 fully saturated rings. The van der Waals surface area contributed by atoms with E-state index < -0.39 is 11.7 Å². The second-order valence-corrected chi connectivity index (χ2v) is 4.06. The highest BCUT2D eigenvalue weighted by atomic mass is 32.1. The Hall–Kier alpha value is -1.70. The molecule has 0 saturated heterocycles. The highest BCUT2D eigenvalue weighted by Gasteiger charge is 2.34. The smallest absolute Gasteiger partial charge is 0.363 e. The van der Waals surface area contributed by atoms with Crippen LogP contribution in [0, 0.1) is 0 Å². The van der Waals surface area contributed by atoms with Gasteiger partial charge in [-0.1, -0.05) is 11.3 Å². The highest BCUT2D eigenvalue weighted by molar-refractivity contribution is 7.18. The van der Waals surface area contributed by atoms with Crippen LogP contribution in [-0.2, 0) is 6.18 Å². The lowest BCUT2D eigenvalue weighted by Gasteiger charge is -2.09. The van der Waals surface area contributed by atoms with Crippen molar-refractivity contribution in [3.63, 3.8) is 0 Å². The molecule has 2 aromatic heterocycles. The number of pyridine rings is 1.